The first-order valence-corrected chi connectivity index (χ1v) is 5.20. The van der Waals surface area contributed by atoms with Crippen LogP contribution in [0.5, 0.6) is 0 Å². The van der Waals surface area contributed by atoms with E-state index in [4.69, 9.17) is 5.11 Å². The maximum atomic E-state index is 10.9. The Morgan fingerprint density at radius 3 is 2.67 bits per heavy atom. The second-order valence-corrected chi connectivity index (χ2v) is 3.64. The van der Waals surface area contributed by atoms with E-state index in [2.05, 4.69) is 5.32 Å². The average molecular weight is 207 g/mol. The predicted molar refractivity (Wildman–Crippen MR) is 61.1 cm³/mol. The van der Waals surface area contributed by atoms with Crippen LogP contribution in [0.4, 0.5) is 5.69 Å². The van der Waals surface area contributed by atoms with Crippen molar-refractivity contribution in [1.82, 2.24) is 0 Å². The highest BCUT2D eigenvalue weighted by Crippen LogP contribution is 2.15. The molecule has 0 heterocycles. The van der Waals surface area contributed by atoms with Crippen molar-refractivity contribution in [3.05, 3.63) is 29.8 Å². The zero-order valence-electron chi connectivity index (χ0n) is 9.16. The van der Waals surface area contributed by atoms with Crippen LogP contribution >= 0.6 is 0 Å². The van der Waals surface area contributed by atoms with Gasteiger partial charge in [0.25, 0.3) is 0 Å². The topological polar surface area (TPSA) is 49.3 Å². The highest BCUT2D eigenvalue weighted by molar-refractivity contribution is 5.77. The fourth-order valence-corrected chi connectivity index (χ4v) is 1.47. The summed E-state index contributed by atoms with van der Waals surface area (Å²) in [7, 11) is 0. The Bertz CT molecular complexity index is 336. The Hall–Kier alpha value is -1.51. The van der Waals surface area contributed by atoms with Crippen molar-refractivity contribution < 1.29 is 9.90 Å². The number of benzene rings is 1. The number of anilines is 1. The smallest absolute Gasteiger partial charge is 0.326 e. The number of aryl methyl sites for hydroxylation is 1. The summed E-state index contributed by atoms with van der Waals surface area (Å²) in [6.45, 7) is 3.95. The largest absolute Gasteiger partial charge is 0.480 e. The lowest BCUT2D eigenvalue weighted by Gasteiger charge is -2.16. The number of rotatable bonds is 5. The molecule has 3 heteroatoms. The molecule has 1 aromatic carbocycles. The Morgan fingerprint density at radius 1 is 1.47 bits per heavy atom. The monoisotopic (exact) mass is 207 g/mol. The van der Waals surface area contributed by atoms with Crippen molar-refractivity contribution in [2.45, 2.75) is 32.7 Å². The third-order valence-electron chi connectivity index (χ3n) is 2.35. The number of carboxylic acid groups (broad SMARTS) is 1. The van der Waals surface area contributed by atoms with Crippen molar-refractivity contribution in [2.75, 3.05) is 5.32 Å². The van der Waals surface area contributed by atoms with Crippen LogP contribution in [0.2, 0.25) is 0 Å². The molecule has 0 aromatic heterocycles. The first-order valence-electron chi connectivity index (χ1n) is 5.20. The van der Waals surface area contributed by atoms with Crippen LogP contribution in [0.1, 0.15) is 25.3 Å². The maximum absolute atomic E-state index is 10.9. The Labute approximate surface area is 90.1 Å². The summed E-state index contributed by atoms with van der Waals surface area (Å²) in [6.07, 6.45) is 1.50. The van der Waals surface area contributed by atoms with E-state index in [9.17, 15) is 4.79 Å². The fraction of sp³-hybridized carbons (Fsp3) is 0.417. The van der Waals surface area contributed by atoms with Gasteiger partial charge < -0.3 is 10.4 Å². The van der Waals surface area contributed by atoms with Gasteiger partial charge in [-0.15, -0.1) is 0 Å². The second kappa shape index (κ2) is 5.39. The lowest BCUT2D eigenvalue weighted by molar-refractivity contribution is -0.138. The van der Waals surface area contributed by atoms with Gasteiger partial charge in [0.15, 0.2) is 0 Å². The Morgan fingerprint density at radius 2 is 2.13 bits per heavy atom. The minimum absolute atomic E-state index is 0.490. The molecule has 0 aliphatic rings. The standard InChI is InChI=1S/C12H17NO2/c1-3-6-11(12(14)15)13-10-8-5-4-7-9(10)2/h4-5,7-8,11,13H,3,6H2,1-2H3,(H,14,15)/t11-/m0/s1. The van der Waals surface area contributed by atoms with Gasteiger partial charge in [0.2, 0.25) is 0 Å². The van der Waals surface area contributed by atoms with E-state index in [0.29, 0.717) is 6.42 Å². The van der Waals surface area contributed by atoms with Crippen molar-refractivity contribution in [1.29, 1.82) is 0 Å². The predicted octanol–water partition coefficient (Wildman–Crippen LogP) is 2.66. The zero-order chi connectivity index (χ0) is 11.3. The van der Waals surface area contributed by atoms with E-state index in [-0.39, 0.29) is 0 Å². The summed E-state index contributed by atoms with van der Waals surface area (Å²) < 4.78 is 0. The lowest BCUT2D eigenvalue weighted by atomic mass is 10.1. The van der Waals surface area contributed by atoms with Gasteiger partial charge in [-0.3, -0.25) is 0 Å². The van der Waals surface area contributed by atoms with Crippen LogP contribution in [0.15, 0.2) is 24.3 Å². The molecule has 1 aromatic rings. The molecule has 2 N–H and O–H groups in total. The minimum atomic E-state index is -0.792. The van der Waals surface area contributed by atoms with E-state index in [1.165, 1.54) is 0 Å². The quantitative estimate of drug-likeness (QED) is 0.780. The molecule has 0 saturated carbocycles. The van der Waals surface area contributed by atoms with Crippen LogP contribution in [0.3, 0.4) is 0 Å². The number of carbonyl (C=O) groups is 1. The molecule has 0 spiro atoms. The van der Waals surface area contributed by atoms with Crippen LogP contribution in [-0.2, 0) is 4.79 Å². The Balaban J connectivity index is 2.74. The number of hydrogen-bond acceptors (Lipinski definition) is 2. The Kier molecular flexibility index (Phi) is 4.16. The summed E-state index contributed by atoms with van der Waals surface area (Å²) in [5, 5.41) is 12.0. The van der Waals surface area contributed by atoms with Crippen molar-refractivity contribution in [3.63, 3.8) is 0 Å². The molecule has 0 bridgehead atoms. The fourth-order valence-electron chi connectivity index (χ4n) is 1.47. The molecule has 0 saturated heterocycles. The number of nitrogens with one attached hydrogen (secondary N) is 1. The molecule has 0 amide bonds. The summed E-state index contributed by atoms with van der Waals surface area (Å²) in [6, 6.07) is 7.22. The molecule has 0 unspecified atom stereocenters. The minimum Gasteiger partial charge on any atom is -0.480 e. The van der Waals surface area contributed by atoms with Crippen LogP contribution < -0.4 is 5.32 Å². The molecule has 0 aliphatic carbocycles. The van der Waals surface area contributed by atoms with Gasteiger partial charge in [-0.2, -0.15) is 0 Å². The highest BCUT2D eigenvalue weighted by Gasteiger charge is 2.15. The van der Waals surface area contributed by atoms with Gasteiger partial charge in [0.05, 0.1) is 0 Å². The first-order chi connectivity index (χ1) is 7.15. The van der Waals surface area contributed by atoms with Crippen LogP contribution in [-0.4, -0.2) is 17.1 Å². The summed E-state index contributed by atoms with van der Waals surface area (Å²) in [5.74, 6) is -0.792. The normalized spacial score (nSPS) is 12.1. The third-order valence-corrected chi connectivity index (χ3v) is 2.35. The van der Waals surface area contributed by atoms with Gasteiger partial charge in [-0.25, -0.2) is 4.79 Å². The van der Waals surface area contributed by atoms with Gasteiger partial charge in [0.1, 0.15) is 6.04 Å². The molecule has 0 radical (unpaired) electrons. The number of carboxylic acids is 1. The van der Waals surface area contributed by atoms with E-state index >= 15 is 0 Å². The highest BCUT2D eigenvalue weighted by atomic mass is 16.4. The lowest BCUT2D eigenvalue weighted by Crippen LogP contribution is -2.29. The summed E-state index contributed by atoms with van der Waals surface area (Å²) >= 11 is 0. The maximum Gasteiger partial charge on any atom is 0.326 e. The SMILES string of the molecule is CCC[C@H](Nc1ccccc1C)C(=O)O. The molecule has 1 rings (SSSR count). The molecular weight excluding hydrogens is 190 g/mol. The van der Waals surface area contributed by atoms with E-state index in [0.717, 1.165) is 17.7 Å². The molecule has 82 valence electrons. The molecular formula is C12H17NO2. The van der Waals surface area contributed by atoms with E-state index in [1.54, 1.807) is 0 Å². The van der Waals surface area contributed by atoms with Crippen molar-refractivity contribution >= 4 is 11.7 Å². The average Bonchev–Trinajstić information content (AvgIpc) is 2.20. The molecule has 15 heavy (non-hydrogen) atoms. The van der Waals surface area contributed by atoms with Gasteiger partial charge in [-0.1, -0.05) is 31.5 Å². The molecule has 0 fully saturated rings. The van der Waals surface area contributed by atoms with E-state index < -0.39 is 12.0 Å². The van der Waals surface area contributed by atoms with Gasteiger partial charge in [0, 0.05) is 5.69 Å². The van der Waals surface area contributed by atoms with Crippen molar-refractivity contribution in [2.24, 2.45) is 0 Å². The van der Waals surface area contributed by atoms with E-state index in [1.807, 2.05) is 38.1 Å². The van der Waals surface area contributed by atoms with Crippen molar-refractivity contribution in [3.8, 4) is 0 Å². The molecule has 1 atom stereocenters. The summed E-state index contributed by atoms with van der Waals surface area (Å²) in [4.78, 5) is 10.9. The number of aliphatic carboxylic acids is 1. The zero-order valence-corrected chi connectivity index (χ0v) is 9.16. The first kappa shape index (κ1) is 11.6. The summed E-state index contributed by atoms with van der Waals surface area (Å²) in [5.41, 5.74) is 1.97. The number of para-hydroxylation sites is 1. The van der Waals surface area contributed by atoms with Crippen LogP contribution in [0, 0.1) is 6.92 Å². The molecule has 3 nitrogen and oxygen atoms in total. The van der Waals surface area contributed by atoms with Crippen LogP contribution in [0.25, 0.3) is 0 Å². The third kappa shape index (κ3) is 3.27. The van der Waals surface area contributed by atoms with Gasteiger partial charge >= 0.3 is 5.97 Å². The van der Waals surface area contributed by atoms with Gasteiger partial charge in [-0.05, 0) is 25.0 Å². The molecule has 0 aliphatic heterocycles. The number of hydrogen-bond donors (Lipinski definition) is 2. The second-order valence-electron chi connectivity index (χ2n) is 3.64.